The number of nitrogens with zero attached hydrogens (tertiary/aromatic N) is 5. The Hall–Kier alpha value is -8.61. The van der Waals surface area contributed by atoms with Gasteiger partial charge in [-0.2, -0.15) is 15.0 Å². The van der Waals surface area contributed by atoms with E-state index in [1.165, 1.54) is 0 Å². The maximum atomic E-state index is 6.12. The van der Waals surface area contributed by atoms with Gasteiger partial charge >= 0.3 is 0 Å². The number of furan rings is 1. The lowest BCUT2D eigenvalue weighted by Crippen LogP contribution is -2.10. The van der Waals surface area contributed by atoms with E-state index in [-0.39, 0.29) is 0 Å². The van der Waals surface area contributed by atoms with E-state index >= 15 is 0 Å². The van der Waals surface area contributed by atoms with Crippen LogP contribution in [0.1, 0.15) is 0 Å². The van der Waals surface area contributed by atoms with Crippen molar-refractivity contribution < 1.29 is 4.42 Å². The standard InChI is InChI=1S/C57H35N5O/c1-2-13-36(14-3-1)42-29-31-46-45-19-6-10-23-51(45)62(52(46)35-42)57-59-55(58-56(60-57)61-49-21-8-4-17-43(49)44-18-5-9-22-50(44)61)38-27-25-37(26-28-38)39-15-12-16-40(33-39)41-30-32-54-48(34-41)47-20-7-11-24-53(47)63-54/h1-35H. The first-order chi connectivity index (χ1) is 31.2. The van der Waals surface area contributed by atoms with Crippen molar-refractivity contribution >= 4 is 65.6 Å². The molecule has 4 aromatic heterocycles. The van der Waals surface area contributed by atoms with Crippen molar-refractivity contribution in [2.75, 3.05) is 0 Å². The molecule has 0 spiro atoms. The molecule has 0 aliphatic carbocycles. The van der Waals surface area contributed by atoms with Crippen molar-refractivity contribution in [1.82, 2.24) is 24.1 Å². The molecule has 6 heteroatoms. The molecule has 63 heavy (non-hydrogen) atoms. The average molecular weight is 806 g/mol. The van der Waals surface area contributed by atoms with Crippen LogP contribution in [0.2, 0.25) is 0 Å². The summed E-state index contributed by atoms with van der Waals surface area (Å²) in [7, 11) is 0. The minimum absolute atomic E-state index is 0.549. The molecule has 13 rings (SSSR count). The normalized spacial score (nSPS) is 11.8. The van der Waals surface area contributed by atoms with Crippen molar-refractivity contribution in [3.8, 4) is 56.7 Å². The summed E-state index contributed by atoms with van der Waals surface area (Å²) in [5, 5.41) is 6.80. The van der Waals surface area contributed by atoms with Crippen molar-refractivity contribution in [3.63, 3.8) is 0 Å². The van der Waals surface area contributed by atoms with Gasteiger partial charge in [-0.25, -0.2) is 0 Å². The summed E-state index contributed by atoms with van der Waals surface area (Å²) in [6.45, 7) is 0. The SMILES string of the molecule is c1ccc(-c2ccc3c4ccccc4n(-c4nc(-c5ccc(-c6cccc(-c7ccc8oc9ccccc9c8c7)c6)cc5)nc(-n5c6ccccc6c6ccccc65)n4)c3c2)cc1. The zero-order valence-corrected chi connectivity index (χ0v) is 33.9. The smallest absolute Gasteiger partial charge is 0.240 e. The topological polar surface area (TPSA) is 61.7 Å². The van der Waals surface area contributed by atoms with Crippen molar-refractivity contribution in [3.05, 3.63) is 212 Å². The summed E-state index contributed by atoms with van der Waals surface area (Å²) in [4.78, 5) is 16.0. The fourth-order valence-corrected chi connectivity index (χ4v) is 9.41. The molecule has 0 fully saturated rings. The second-order valence-electron chi connectivity index (χ2n) is 16.0. The van der Waals surface area contributed by atoms with Crippen LogP contribution in [0.5, 0.6) is 0 Å². The number of para-hydroxylation sites is 4. The van der Waals surface area contributed by atoms with Gasteiger partial charge in [0.1, 0.15) is 11.2 Å². The molecule has 0 radical (unpaired) electrons. The van der Waals surface area contributed by atoms with E-state index < -0.39 is 0 Å². The Morgan fingerprint density at radius 1 is 0.270 bits per heavy atom. The Labute approximate surface area is 361 Å². The van der Waals surface area contributed by atoms with Crippen LogP contribution in [0, 0.1) is 0 Å². The molecule has 0 saturated heterocycles. The zero-order chi connectivity index (χ0) is 41.4. The van der Waals surface area contributed by atoms with E-state index in [4.69, 9.17) is 19.4 Å². The fourth-order valence-electron chi connectivity index (χ4n) is 9.41. The third-order valence-corrected chi connectivity index (χ3v) is 12.4. The van der Waals surface area contributed by atoms with Gasteiger partial charge in [-0.3, -0.25) is 9.13 Å². The number of aromatic nitrogens is 5. The molecular weight excluding hydrogens is 771 g/mol. The highest BCUT2D eigenvalue weighted by Gasteiger charge is 2.21. The van der Waals surface area contributed by atoms with Gasteiger partial charge in [-0.15, -0.1) is 0 Å². The highest BCUT2D eigenvalue weighted by molar-refractivity contribution is 6.11. The van der Waals surface area contributed by atoms with Gasteiger partial charge in [-0.1, -0.05) is 164 Å². The van der Waals surface area contributed by atoms with E-state index in [1.807, 2.05) is 12.1 Å². The van der Waals surface area contributed by atoms with Gasteiger partial charge in [0.15, 0.2) is 5.82 Å². The van der Waals surface area contributed by atoms with Crippen molar-refractivity contribution in [2.24, 2.45) is 0 Å². The highest BCUT2D eigenvalue weighted by atomic mass is 16.3. The van der Waals surface area contributed by atoms with Crippen LogP contribution < -0.4 is 0 Å². The molecule has 0 N–H and O–H groups in total. The summed E-state index contributed by atoms with van der Waals surface area (Å²) in [6, 6.07) is 74.6. The first-order valence-corrected chi connectivity index (χ1v) is 21.2. The van der Waals surface area contributed by atoms with Gasteiger partial charge in [0, 0.05) is 37.9 Å². The predicted octanol–water partition coefficient (Wildman–Crippen LogP) is 14.6. The molecule has 0 aliphatic heterocycles. The summed E-state index contributed by atoms with van der Waals surface area (Å²) in [5.41, 5.74) is 13.6. The first-order valence-electron chi connectivity index (χ1n) is 21.2. The Kier molecular flexibility index (Phi) is 7.80. The molecule has 13 aromatic rings. The molecule has 6 nitrogen and oxygen atoms in total. The number of rotatable bonds is 6. The van der Waals surface area contributed by atoms with Gasteiger partial charge in [0.25, 0.3) is 0 Å². The lowest BCUT2D eigenvalue weighted by atomic mass is 9.97. The molecule has 0 bridgehead atoms. The third-order valence-electron chi connectivity index (χ3n) is 12.4. The van der Waals surface area contributed by atoms with E-state index in [0.29, 0.717) is 17.7 Å². The number of hydrogen-bond donors (Lipinski definition) is 0. The molecule has 9 aromatic carbocycles. The van der Waals surface area contributed by atoms with Crippen LogP contribution in [0.4, 0.5) is 0 Å². The number of benzene rings is 9. The second kappa shape index (κ2) is 14.0. The molecule has 294 valence electrons. The Bertz CT molecular complexity index is 3860. The number of fused-ring (bicyclic) bond motifs is 9. The van der Waals surface area contributed by atoms with E-state index in [0.717, 1.165) is 104 Å². The molecule has 0 saturated carbocycles. The Morgan fingerprint density at radius 3 is 1.40 bits per heavy atom. The Morgan fingerprint density at radius 2 is 0.714 bits per heavy atom. The summed E-state index contributed by atoms with van der Waals surface area (Å²) < 4.78 is 10.5. The zero-order valence-electron chi connectivity index (χ0n) is 33.9. The molecule has 0 aliphatic rings. The Balaban J connectivity index is 0.977. The minimum Gasteiger partial charge on any atom is -0.456 e. The van der Waals surface area contributed by atoms with Crippen LogP contribution in [0.25, 0.3) is 122 Å². The maximum absolute atomic E-state index is 6.12. The maximum Gasteiger partial charge on any atom is 0.240 e. The van der Waals surface area contributed by atoms with Crippen LogP contribution >= 0.6 is 0 Å². The molecular formula is C57H35N5O. The third kappa shape index (κ3) is 5.69. The van der Waals surface area contributed by atoms with Gasteiger partial charge in [0.05, 0.1) is 22.1 Å². The van der Waals surface area contributed by atoms with Crippen LogP contribution in [0.15, 0.2) is 217 Å². The summed E-state index contributed by atoms with van der Waals surface area (Å²) in [6.07, 6.45) is 0. The monoisotopic (exact) mass is 805 g/mol. The quantitative estimate of drug-likeness (QED) is 0.168. The summed E-state index contributed by atoms with van der Waals surface area (Å²) >= 11 is 0. The summed E-state index contributed by atoms with van der Waals surface area (Å²) in [5.74, 6) is 1.69. The van der Waals surface area contributed by atoms with Crippen LogP contribution in [-0.2, 0) is 0 Å². The van der Waals surface area contributed by atoms with Crippen LogP contribution in [-0.4, -0.2) is 24.1 Å². The van der Waals surface area contributed by atoms with Gasteiger partial charge < -0.3 is 4.42 Å². The fraction of sp³-hybridized carbons (Fsp3) is 0. The van der Waals surface area contributed by atoms with E-state index in [1.54, 1.807) is 0 Å². The predicted molar refractivity (Wildman–Crippen MR) is 258 cm³/mol. The van der Waals surface area contributed by atoms with Gasteiger partial charge in [0.2, 0.25) is 11.9 Å². The van der Waals surface area contributed by atoms with Gasteiger partial charge in [-0.05, 0) is 81.9 Å². The van der Waals surface area contributed by atoms with Crippen LogP contribution in [0.3, 0.4) is 0 Å². The lowest BCUT2D eigenvalue weighted by molar-refractivity contribution is 0.669. The number of hydrogen-bond acceptors (Lipinski definition) is 4. The molecule has 0 amide bonds. The lowest BCUT2D eigenvalue weighted by Gasteiger charge is -2.13. The second-order valence-corrected chi connectivity index (χ2v) is 16.0. The molecule has 4 heterocycles. The van der Waals surface area contributed by atoms with Crippen molar-refractivity contribution in [1.29, 1.82) is 0 Å². The molecule has 0 unspecified atom stereocenters. The van der Waals surface area contributed by atoms with Crippen molar-refractivity contribution in [2.45, 2.75) is 0 Å². The molecule has 0 atom stereocenters. The largest absolute Gasteiger partial charge is 0.456 e. The van der Waals surface area contributed by atoms with E-state index in [9.17, 15) is 0 Å². The minimum atomic E-state index is 0.549. The first kappa shape index (κ1) is 35.2. The van der Waals surface area contributed by atoms with E-state index in [2.05, 4.69) is 209 Å². The average Bonchev–Trinajstić information content (AvgIpc) is 4.01. The highest BCUT2D eigenvalue weighted by Crippen LogP contribution is 2.38.